The lowest BCUT2D eigenvalue weighted by Gasteiger charge is -2.20. The van der Waals surface area contributed by atoms with Crippen LogP contribution >= 0.6 is 11.6 Å². The molecule has 0 saturated heterocycles. The van der Waals surface area contributed by atoms with E-state index in [-0.39, 0.29) is 9.92 Å². The molecular weight excluding hydrogens is 308 g/mol. The Labute approximate surface area is 129 Å². The van der Waals surface area contributed by atoms with Gasteiger partial charge in [0.15, 0.2) is 0 Å². The van der Waals surface area contributed by atoms with E-state index in [1.165, 1.54) is 28.3 Å². The lowest BCUT2D eigenvalue weighted by molar-refractivity contribution is 0.410. The summed E-state index contributed by atoms with van der Waals surface area (Å²) >= 11 is 6.02. The fraction of sp³-hybridized carbons (Fsp3) is 0.267. The highest BCUT2D eigenvalue weighted by molar-refractivity contribution is 7.89. The van der Waals surface area contributed by atoms with Crippen LogP contribution < -0.4 is 0 Å². The predicted octanol–water partition coefficient (Wildman–Crippen LogP) is 2.87. The molecule has 0 radical (unpaired) electrons. The molecule has 6 heteroatoms. The summed E-state index contributed by atoms with van der Waals surface area (Å²) < 4.78 is 27.0. The Balaban J connectivity index is 1.99. The zero-order valence-corrected chi connectivity index (χ0v) is 12.9. The number of rotatable bonds is 2. The molecule has 0 unspecified atom stereocenters. The van der Waals surface area contributed by atoms with E-state index in [0.29, 0.717) is 13.1 Å². The second-order valence-electron chi connectivity index (χ2n) is 5.02. The van der Waals surface area contributed by atoms with E-state index >= 15 is 0 Å². The summed E-state index contributed by atoms with van der Waals surface area (Å²) in [5.74, 6) is 0. The number of fused-ring (bicyclic) bond motifs is 1. The summed E-state index contributed by atoms with van der Waals surface area (Å²) in [4.78, 5) is 3.96. The van der Waals surface area contributed by atoms with Crippen molar-refractivity contribution in [2.75, 3.05) is 6.54 Å². The maximum atomic E-state index is 12.8. The van der Waals surface area contributed by atoms with Gasteiger partial charge < -0.3 is 0 Å². The van der Waals surface area contributed by atoms with Gasteiger partial charge in [0.2, 0.25) is 10.0 Å². The third-order valence-corrected chi connectivity index (χ3v) is 5.98. The molecular formula is C15H15ClN2O2S. The summed E-state index contributed by atoms with van der Waals surface area (Å²) in [7, 11) is -3.62. The Bertz CT molecular complexity index is 762. The van der Waals surface area contributed by atoms with Crippen LogP contribution in [0.4, 0.5) is 0 Å². The normalized spacial score (nSPS) is 16.2. The number of sulfonamides is 1. The first-order valence-corrected chi connectivity index (χ1v) is 8.57. The molecule has 0 N–H and O–H groups in total. The molecule has 110 valence electrons. The molecule has 0 bridgehead atoms. The summed E-state index contributed by atoms with van der Waals surface area (Å²) in [5.41, 5.74) is 2.27. The van der Waals surface area contributed by atoms with Crippen molar-refractivity contribution in [1.29, 1.82) is 0 Å². The smallest absolute Gasteiger partial charge is 0.246 e. The average Bonchev–Trinajstić information content (AvgIpc) is 2.70. The largest absolute Gasteiger partial charge is 0.263 e. The molecule has 4 nitrogen and oxygen atoms in total. The summed E-state index contributed by atoms with van der Waals surface area (Å²) in [6.45, 7) is 0.867. The van der Waals surface area contributed by atoms with Crippen molar-refractivity contribution in [1.82, 2.24) is 9.29 Å². The fourth-order valence-corrected chi connectivity index (χ4v) is 4.43. The Morgan fingerprint density at radius 3 is 2.67 bits per heavy atom. The van der Waals surface area contributed by atoms with E-state index in [0.717, 1.165) is 18.4 Å². The van der Waals surface area contributed by atoms with E-state index in [4.69, 9.17) is 11.6 Å². The highest BCUT2D eigenvalue weighted by atomic mass is 35.5. The summed E-state index contributed by atoms with van der Waals surface area (Å²) in [6.07, 6.45) is 4.49. The minimum atomic E-state index is -3.62. The molecule has 1 aliphatic heterocycles. The van der Waals surface area contributed by atoms with Gasteiger partial charge in [-0.25, -0.2) is 8.42 Å². The molecule has 0 saturated carbocycles. The van der Waals surface area contributed by atoms with Crippen molar-refractivity contribution in [3.63, 3.8) is 0 Å². The van der Waals surface area contributed by atoms with Gasteiger partial charge in [-0.05, 0) is 30.0 Å². The van der Waals surface area contributed by atoms with Crippen molar-refractivity contribution in [2.45, 2.75) is 24.3 Å². The molecule has 0 spiro atoms. The molecule has 2 aromatic rings. The van der Waals surface area contributed by atoms with E-state index in [1.54, 1.807) is 0 Å². The number of aromatic nitrogens is 1. The standard InChI is InChI=1S/C15H15ClN2O2S/c16-14-7-8-17-10-15(14)21(19,20)18-9-3-6-12-4-1-2-5-13(12)11-18/h1-2,4-5,7-8,10H,3,6,9,11H2. The number of hydrogen-bond donors (Lipinski definition) is 0. The van der Waals surface area contributed by atoms with Crippen molar-refractivity contribution in [2.24, 2.45) is 0 Å². The van der Waals surface area contributed by atoms with Gasteiger partial charge in [-0.3, -0.25) is 4.98 Å². The van der Waals surface area contributed by atoms with Crippen LogP contribution in [0.15, 0.2) is 47.6 Å². The Kier molecular flexibility index (Phi) is 3.97. The van der Waals surface area contributed by atoms with Crippen LogP contribution in [0.3, 0.4) is 0 Å². The summed E-state index contributed by atoms with van der Waals surface area (Å²) in [6, 6.07) is 9.46. The fourth-order valence-electron chi connectivity index (χ4n) is 2.57. The van der Waals surface area contributed by atoms with E-state index in [1.807, 2.05) is 18.2 Å². The number of aryl methyl sites for hydroxylation is 1. The minimum Gasteiger partial charge on any atom is -0.263 e. The molecule has 2 heterocycles. The maximum absolute atomic E-state index is 12.8. The SMILES string of the molecule is O=S(=O)(c1cnccc1Cl)N1CCCc2ccccc2C1. The molecule has 0 atom stereocenters. The third-order valence-electron chi connectivity index (χ3n) is 3.67. The lowest BCUT2D eigenvalue weighted by atomic mass is 10.0. The van der Waals surface area contributed by atoms with Crippen LogP contribution in [0.1, 0.15) is 17.5 Å². The Morgan fingerprint density at radius 2 is 1.90 bits per heavy atom. The van der Waals surface area contributed by atoms with Gasteiger partial charge in [-0.1, -0.05) is 35.9 Å². The van der Waals surface area contributed by atoms with E-state index < -0.39 is 10.0 Å². The van der Waals surface area contributed by atoms with Crippen LogP contribution in [-0.2, 0) is 23.0 Å². The predicted molar refractivity (Wildman–Crippen MR) is 81.6 cm³/mol. The molecule has 3 rings (SSSR count). The number of pyridine rings is 1. The molecule has 21 heavy (non-hydrogen) atoms. The molecule has 1 aromatic carbocycles. The number of benzene rings is 1. The monoisotopic (exact) mass is 322 g/mol. The second-order valence-corrected chi connectivity index (χ2v) is 7.33. The van der Waals surface area contributed by atoms with Crippen LogP contribution in [0.5, 0.6) is 0 Å². The highest BCUT2D eigenvalue weighted by Gasteiger charge is 2.28. The van der Waals surface area contributed by atoms with E-state index in [2.05, 4.69) is 11.1 Å². The van der Waals surface area contributed by atoms with E-state index in [9.17, 15) is 8.42 Å². The van der Waals surface area contributed by atoms with Crippen molar-refractivity contribution >= 4 is 21.6 Å². The zero-order valence-electron chi connectivity index (χ0n) is 11.4. The van der Waals surface area contributed by atoms with Gasteiger partial charge in [-0.15, -0.1) is 0 Å². The molecule has 0 aliphatic carbocycles. The van der Waals surface area contributed by atoms with Crippen molar-refractivity contribution in [3.05, 3.63) is 58.9 Å². The minimum absolute atomic E-state index is 0.0750. The zero-order chi connectivity index (χ0) is 14.9. The molecule has 0 amide bonds. The van der Waals surface area contributed by atoms with Gasteiger partial charge >= 0.3 is 0 Å². The number of nitrogens with zero attached hydrogens (tertiary/aromatic N) is 2. The van der Waals surface area contributed by atoms with Crippen LogP contribution in [0.2, 0.25) is 5.02 Å². The Hall–Kier alpha value is -1.43. The summed E-state index contributed by atoms with van der Waals surface area (Å²) in [5, 5.41) is 0.211. The third kappa shape index (κ3) is 2.81. The van der Waals surface area contributed by atoms with Crippen LogP contribution in [0, 0.1) is 0 Å². The van der Waals surface area contributed by atoms with Gasteiger partial charge in [0, 0.05) is 25.5 Å². The van der Waals surface area contributed by atoms with Crippen molar-refractivity contribution in [3.8, 4) is 0 Å². The highest BCUT2D eigenvalue weighted by Crippen LogP contribution is 2.27. The van der Waals surface area contributed by atoms with Gasteiger partial charge in [0.05, 0.1) is 5.02 Å². The quantitative estimate of drug-likeness (QED) is 0.854. The van der Waals surface area contributed by atoms with Gasteiger partial charge in [0.25, 0.3) is 0 Å². The Morgan fingerprint density at radius 1 is 1.14 bits per heavy atom. The molecule has 1 aromatic heterocycles. The first kappa shape index (κ1) is 14.5. The van der Waals surface area contributed by atoms with Gasteiger partial charge in [0.1, 0.15) is 4.90 Å². The first-order valence-electron chi connectivity index (χ1n) is 6.75. The van der Waals surface area contributed by atoms with Gasteiger partial charge in [-0.2, -0.15) is 4.31 Å². The number of halogens is 1. The maximum Gasteiger partial charge on any atom is 0.246 e. The van der Waals surface area contributed by atoms with Crippen LogP contribution in [-0.4, -0.2) is 24.3 Å². The topological polar surface area (TPSA) is 50.3 Å². The number of hydrogen-bond acceptors (Lipinski definition) is 3. The lowest BCUT2D eigenvalue weighted by Crippen LogP contribution is -2.31. The van der Waals surface area contributed by atoms with Crippen molar-refractivity contribution < 1.29 is 8.42 Å². The average molecular weight is 323 g/mol. The molecule has 0 fully saturated rings. The second kappa shape index (κ2) is 5.75. The molecule has 1 aliphatic rings. The van der Waals surface area contributed by atoms with Crippen LogP contribution in [0.25, 0.3) is 0 Å². The first-order chi connectivity index (χ1) is 10.1.